The van der Waals surface area contributed by atoms with Gasteiger partial charge in [0.05, 0.1) is 0 Å². The smallest absolute Gasteiger partial charge is 0.0401 e. The quantitative estimate of drug-likeness (QED) is 0.821. The molecule has 3 nitrogen and oxygen atoms in total. The number of nitrogens with one attached hydrogen (secondary N) is 1. The molecule has 2 heterocycles. The van der Waals surface area contributed by atoms with Crippen molar-refractivity contribution < 1.29 is 0 Å². The molecule has 0 radical (unpaired) electrons. The molecule has 1 aromatic heterocycles. The zero-order chi connectivity index (χ0) is 11.2. The van der Waals surface area contributed by atoms with E-state index in [0.29, 0.717) is 0 Å². The summed E-state index contributed by atoms with van der Waals surface area (Å²) in [6, 6.07) is 4.36. The van der Waals surface area contributed by atoms with E-state index in [-0.39, 0.29) is 0 Å². The molecular weight excluding hydrogens is 198 g/mol. The van der Waals surface area contributed by atoms with Gasteiger partial charge in [0.25, 0.3) is 0 Å². The van der Waals surface area contributed by atoms with Gasteiger partial charge in [-0.3, -0.25) is 4.98 Å². The zero-order valence-electron chi connectivity index (χ0n) is 10.1. The molecule has 2 rings (SSSR count). The molecule has 0 saturated carbocycles. The Bertz CT molecular complexity index is 301. The largest absolute Gasteiger partial charge is 0.314 e. The van der Waals surface area contributed by atoms with Gasteiger partial charge < -0.3 is 10.2 Å². The Morgan fingerprint density at radius 1 is 1.31 bits per heavy atom. The molecule has 0 atom stereocenters. The van der Waals surface area contributed by atoms with Gasteiger partial charge in [0.15, 0.2) is 0 Å². The van der Waals surface area contributed by atoms with E-state index in [1.54, 1.807) is 0 Å². The van der Waals surface area contributed by atoms with Crippen LogP contribution < -0.4 is 5.32 Å². The van der Waals surface area contributed by atoms with Crippen molar-refractivity contribution in [3.05, 3.63) is 29.6 Å². The Kier molecular flexibility index (Phi) is 4.31. The number of hydrogen-bond acceptors (Lipinski definition) is 3. The van der Waals surface area contributed by atoms with Crippen molar-refractivity contribution in [1.82, 2.24) is 15.2 Å². The van der Waals surface area contributed by atoms with Crippen LogP contribution >= 0.6 is 0 Å². The van der Waals surface area contributed by atoms with E-state index in [2.05, 4.69) is 34.3 Å². The Morgan fingerprint density at radius 3 is 2.75 bits per heavy atom. The Balaban J connectivity index is 1.79. The zero-order valence-corrected chi connectivity index (χ0v) is 10.1. The van der Waals surface area contributed by atoms with Crippen molar-refractivity contribution in [3.63, 3.8) is 0 Å². The SMILES string of the molecule is CCc1ccc(CCN2CCNCC2)cn1. The lowest BCUT2D eigenvalue weighted by atomic mass is 10.1. The maximum atomic E-state index is 4.43. The maximum absolute atomic E-state index is 4.43. The van der Waals surface area contributed by atoms with E-state index in [9.17, 15) is 0 Å². The lowest BCUT2D eigenvalue weighted by Gasteiger charge is -2.27. The van der Waals surface area contributed by atoms with Gasteiger partial charge in [0.2, 0.25) is 0 Å². The second kappa shape index (κ2) is 5.97. The van der Waals surface area contributed by atoms with Crippen molar-refractivity contribution in [2.45, 2.75) is 19.8 Å². The summed E-state index contributed by atoms with van der Waals surface area (Å²) in [7, 11) is 0. The van der Waals surface area contributed by atoms with Crippen molar-refractivity contribution in [2.75, 3.05) is 32.7 Å². The molecular formula is C13H21N3. The molecule has 0 unspecified atom stereocenters. The average Bonchev–Trinajstić information content (AvgIpc) is 2.38. The Morgan fingerprint density at radius 2 is 2.12 bits per heavy atom. The van der Waals surface area contributed by atoms with Gasteiger partial charge in [-0.2, -0.15) is 0 Å². The standard InChI is InChI=1S/C13H21N3/c1-2-13-4-3-12(11-15-13)5-8-16-9-6-14-7-10-16/h3-4,11,14H,2,5-10H2,1H3. The monoisotopic (exact) mass is 219 g/mol. The van der Waals surface area contributed by atoms with Crippen LogP contribution in [-0.2, 0) is 12.8 Å². The second-order valence-electron chi connectivity index (χ2n) is 4.35. The number of nitrogens with zero attached hydrogens (tertiary/aromatic N) is 2. The maximum Gasteiger partial charge on any atom is 0.0401 e. The predicted molar refractivity (Wildman–Crippen MR) is 66.6 cm³/mol. The van der Waals surface area contributed by atoms with Crippen LogP contribution in [-0.4, -0.2) is 42.6 Å². The van der Waals surface area contributed by atoms with E-state index in [1.807, 2.05) is 6.20 Å². The normalized spacial score (nSPS) is 17.6. The molecule has 0 bridgehead atoms. The molecule has 1 aromatic rings. The fourth-order valence-electron chi connectivity index (χ4n) is 2.03. The first-order valence-electron chi connectivity index (χ1n) is 6.25. The predicted octanol–water partition coefficient (Wildman–Crippen LogP) is 1.09. The molecule has 0 aliphatic carbocycles. The third kappa shape index (κ3) is 3.29. The van der Waals surface area contributed by atoms with Crippen molar-refractivity contribution in [3.8, 4) is 0 Å². The highest BCUT2D eigenvalue weighted by molar-refractivity contribution is 5.14. The first kappa shape index (κ1) is 11.6. The molecule has 3 heteroatoms. The van der Waals surface area contributed by atoms with E-state index in [1.165, 1.54) is 24.3 Å². The van der Waals surface area contributed by atoms with E-state index in [0.717, 1.165) is 32.5 Å². The number of pyridine rings is 1. The first-order valence-corrected chi connectivity index (χ1v) is 6.25. The van der Waals surface area contributed by atoms with Crippen LogP contribution in [0.15, 0.2) is 18.3 Å². The highest BCUT2D eigenvalue weighted by atomic mass is 15.2. The van der Waals surface area contributed by atoms with Crippen LogP contribution in [0.25, 0.3) is 0 Å². The summed E-state index contributed by atoms with van der Waals surface area (Å²) in [5.74, 6) is 0. The number of piperazine rings is 1. The molecule has 0 aromatic carbocycles. The summed E-state index contributed by atoms with van der Waals surface area (Å²) in [6.07, 6.45) is 4.18. The van der Waals surface area contributed by atoms with Crippen molar-refractivity contribution in [2.24, 2.45) is 0 Å². The third-order valence-electron chi connectivity index (χ3n) is 3.17. The molecule has 0 amide bonds. The molecule has 0 spiro atoms. The summed E-state index contributed by atoms with van der Waals surface area (Å²) in [6.45, 7) is 7.93. The van der Waals surface area contributed by atoms with Crippen LogP contribution in [0.1, 0.15) is 18.2 Å². The molecule has 1 fully saturated rings. The van der Waals surface area contributed by atoms with E-state index >= 15 is 0 Å². The summed E-state index contributed by atoms with van der Waals surface area (Å²) >= 11 is 0. The molecule has 88 valence electrons. The van der Waals surface area contributed by atoms with Crippen LogP contribution in [0.2, 0.25) is 0 Å². The van der Waals surface area contributed by atoms with Gasteiger partial charge in [-0.25, -0.2) is 0 Å². The summed E-state index contributed by atoms with van der Waals surface area (Å²) in [4.78, 5) is 6.95. The highest BCUT2D eigenvalue weighted by Crippen LogP contribution is 2.03. The topological polar surface area (TPSA) is 28.2 Å². The molecule has 1 saturated heterocycles. The molecule has 1 N–H and O–H groups in total. The second-order valence-corrected chi connectivity index (χ2v) is 4.35. The van der Waals surface area contributed by atoms with Gasteiger partial charge in [-0.05, 0) is 24.5 Å². The van der Waals surface area contributed by atoms with Crippen LogP contribution in [0.3, 0.4) is 0 Å². The van der Waals surface area contributed by atoms with Crippen LogP contribution in [0.4, 0.5) is 0 Å². The van der Waals surface area contributed by atoms with Gasteiger partial charge in [0.1, 0.15) is 0 Å². The summed E-state index contributed by atoms with van der Waals surface area (Å²) in [5.41, 5.74) is 2.54. The molecule has 16 heavy (non-hydrogen) atoms. The van der Waals surface area contributed by atoms with Gasteiger partial charge >= 0.3 is 0 Å². The van der Waals surface area contributed by atoms with Gasteiger partial charge in [-0.1, -0.05) is 13.0 Å². The minimum absolute atomic E-state index is 1.03. The fourth-order valence-corrected chi connectivity index (χ4v) is 2.03. The van der Waals surface area contributed by atoms with Gasteiger partial charge in [0, 0.05) is 44.6 Å². The first-order chi connectivity index (χ1) is 7.88. The van der Waals surface area contributed by atoms with Crippen molar-refractivity contribution in [1.29, 1.82) is 0 Å². The number of rotatable bonds is 4. The van der Waals surface area contributed by atoms with E-state index in [4.69, 9.17) is 0 Å². The Hall–Kier alpha value is -0.930. The number of hydrogen-bond donors (Lipinski definition) is 1. The molecule has 1 aliphatic rings. The average molecular weight is 219 g/mol. The fraction of sp³-hybridized carbons (Fsp3) is 0.615. The third-order valence-corrected chi connectivity index (χ3v) is 3.17. The van der Waals surface area contributed by atoms with Crippen LogP contribution in [0, 0.1) is 0 Å². The Labute approximate surface area is 97.9 Å². The highest BCUT2D eigenvalue weighted by Gasteiger charge is 2.08. The van der Waals surface area contributed by atoms with E-state index < -0.39 is 0 Å². The lowest BCUT2D eigenvalue weighted by Crippen LogP contribution is -2.44. The summed E-state index contributed by atoms with van der Waals surface area (Å²) < 4.78 is 0. The van der Waals surface area contributed by atoms with Gasteiger partial charge in [-0.15, -0.1) is 0 Å². The lowest BCUT2D eigenvalue weighted by molar-refractivity contribution is 0.244. The van der Waals surface area contributed by atoms with Crippen molar-refractivity contribution >= 4 is 0 Å². The summed E-state index contributed by atoms with van der Waals surface area (Å²) in [5, 5.41) is 3.37. The minimum Gasteiger partial charge on any atom is -0.314 e. The number of aromatic nitrogens is 1. The number of aryl methyl sites for hydroxylation is 1. The minimum atomic E-state index is 1.03. The molecule has 1 aliphatic heterocycles. The van der Waals surface area contributed by atoms with Crippen LogP contribution in [0.5, 0.6) is 0 Å².